The van der Waals surface area contributed by atoms with Gasteiger partial charge in [-0.05, 0) is 42.5 Å². The van der Waals surface area contributed by atoms with Crippen LogP contribution in [-0.2, 0) is 19.1 Å². The van der Waals surface area contributed by atoms with Gasteiger partial charge in [-0.25, -0.2) is 4.79 Å². The summed E-state index contributed by atoms with van der Waals surface area (Å²) in [6, 6.07) is 16.7. The van der Waals surface area contributed by atoms with Crippen LogP contribution in [0.4, 0.5) is 0 Å². The van der Waals surface area contributed by atoms with E-state index in [0.29, 0.717) is 36.3 Å². The van der Waals surface area contributed by atoms with Crippen LogP contribution in [0.25, 0.3) is 0 Å². The number of benzene rings is 2. The van der Waals surface area contributed by atoms with Crippen LogP contribution >= 0.6 is 0 Å². The predicted octanol–water partition coefficient (Wildman–Crippen LogP) is 3.94. The lowest BCUT2D eigenvalue weighted by Crippen LogP contribution is -2.36. The van der Waals surface area contributed by atoms with E-state index in [2.05, 4.69) is 5.32 Å². The maximum atomic E-state index is 13.5. The van der Waals surface area contributed by atoms with Crippen LogP contribution < -0.4 is 5.32 Å². The van der Waals surface area contributed by atoms with Crippen molar-refractivity contribution in [1.29, 1.82) is 0 Å². The summed E-state index contributed by atoms with van der Waals surface area (Å²) < 4.78 is 10.4. The summed E-state index contributed by atoms with van der Waals surface area (Å²) in [7, 11) is 1.54. The molecule has 2 aliphatic rings. The van der Waals surface area contributed by atoms with Gasteiger partial charge in [-0.15, -0.1) is 0 Å². The average molecular weight is 434 g/mol. The number of phenols is 1. The molecule has 2 aromatic rings. The Morgan fingerprint density at radius 1 is 1.03 bits per heavy atom. The molecule has 6 heteroatoms. The normalized spacial score (nSPS) is 20.6. The van der Waals surface area contributed by atoms with Gasteiger partial charge in [0.1, 0.15) is 12.4 Å². The number of rotatable bonds is 6. The molecular formula is C26H27NO5. The predicted molar refractivity (Wildman–Crippen MR) is 120 cm³/mol. The highest BCUT2D eigenvalue weighted by molar-refractivity contribution is 6.04. The third-order valence-corrected chi connectivity index (χ3v) is 6.07. The van der Waals surface area contributed by atoms with E-state index >= 15 is 0 Å². The summed E-state index contributed by atoms with van der Waals surface area (Å²) in [5, 5.41) is 13.1. The quantitative estimate of drug-likeness (QED) is 0.530. The lowest BCUT2D eigenvalue weighted by molar-refractivity contribution is -0.140. The molecule has 0 aromatic heterocycles. The minimum Gasteiger partial charge on any atom is -0.508 e. The zero-order valence-electron chi connectivity index (χ0n) is 18.3. The van der Waals surface area contributed by atoms with Crippen LogP contribution in [0.3, 0.4) is 0 Å². The maximum Gasteiger partial charge on any atom is 0.336 e. The second-order valence-electron chi connectivity index (χ2n) is 8.15. The average Bonchev–Trinajstić information content (AvgIpc) is 2.79. The highest BCUT2D eigenvalue weighted by Gasteiger charge is 2.41. The number of hydrogen-bond donors (Lipinski definition) is 2. The fourth-order valence-electron chi connectivity index (χ4n) is 4.57. The molecule has 0 unspecified atom stereocenters. The van der Waals surface area contributed by atoms with E-state index in [1.807, 2.05) is 37.3 Å². The number of nitrogens with one attached hydrogen (secondary N) is 1. The smallest absolute Gasteiger partial charge is 0.336 e. The molecule has 2 atom stereocenters. The number of ether oxygens (including phenoxy) is 2. The third kappa shape index (κ3) is 4.32. The van der Waals surface area contributed by atoms with E-state index in [4.69, 9.17) is 9.47 Å². The summed E-state index contributed by atoms with van der Waals surface area (Å²) in [5.41, 5.74) is 4.43. The van der Waals surface area contributed by atoms with Crippen molar-refractivity contribution in [3.8, 4) is 5.75 Å². The summed E-state index contributed by atoms with van der Waals surface area (Å²) in [5.74, 6) is -0.805. The van der Waals surface area contributed by atoms with E-state index < -0.39 is 11.9 Å². The maximum absolute atomic E-state index is 13.5. The second kappa shape index (κ2) is 9.40. The third-order valence-electron chi connectivity index (χ3n) is 6.07. The zero-order chi connectivity index (χ0) is 22.7. The zero-order valence-corrected chi connectivity index (χ0v) is 18.3. The molecule has 0 amide bonds. The van der Waals surface area contributed by atoms with Crippen molar-refractivity contribution < 1.29 is 24.2 Å². The van der Waals surface area contributed by atoms with Crippen molar-refractivity contribution >= 4 is 11.8 Å². The Hall–Kier alpha value is -3.38. The number of esters is 1. The van der Waals surface area contributed by atoms with Gasteiger partial charge in [0.15, 0.2) is 5.78 Å². The Bertz CT molecular complexity index is 1070. The fraction of sp³-hybridized carbons (Fsp3) is 0.308. The summed E-state index contributed by atoms with van der Waals surface area (Å²) in [6.07, 6.45) is 1.06. The van der Waals surface area contributed by atoms with Crippen LogP contribution in [-0.4, -0.2) is 37.2 Å². The largest absolute Gasteiger partial charge is 0.508 e. The Morgan fingerprint density at radius 3 is 2.44 bits per heavy atom. The number of dihydropyridines is 1. The summed E-state index contributed by atoms with van der Waals surface area (Å²) in [6.45, 7) is 2.26. The number of phenolic OH excluding ortho intramolecular Hbond substituents is 1. The molecule has 1 aliphatic heterocycles. The van der Waals surface area contributed by atoms with E-state index in [9.17, 15) is 14.7 Å². The molecule has 32 heavy (non-hydrogen) atoms. The monoisotopic (exact) mass is 433 g/mol. The van der Waals surface area contributed by atoms with Gasteiger partial charge in [-0.3, -0.25) is 4.79 Å². The Kier molecular flexibility index (Phi) is 6.42. The second-order valence-corrected chi connectivity index (χ2v) is 8.15. The highest BCUT2D eigenvalue weighted by atomic mass is 16.6. The van der Waals surface area contributed by atoms with Crippen molar-refractivity contribution in [3.63, 3.8) is 0 Å². The molecule has 4 rings (SSSR count). The van der Waals surface area contributed by atoms with Gasteiger partial charge in [-0.1, -0.05) is 42.5 Å². The van der Waals surface area contributed by atoms with Crippen LogP contribution in [0.5, 0.6) is 5.75 Å². The Morgan fingerprint density at radius 2 is 1.75 bits per heavy atom. The number of carbonyl (C=O) groups excluding carboxylic acids is 2. The fourth-order valence-corrected chi connectivity index (χ4v) is 4.57. The molecule has 0 saturated heterocycles. The molecule has 0 saturated carbocycles. The molecule has 166 valence electrons. The first-order chi connectivity index (χ1) is 15.5. The first kappa shape index (κ1) is 21.8. The molecule has 0 radical (unpaired) electrons. The van der Waals surface area contributed by atoms with E-state index in [1.54, 1.807) is 31.4 Å². The molecule has 0 bridgehead atoms. The molecule has 0 fully saturated rings. The standard InChI is InChI=1S/C26H27NO5/c1-16-23(26(30)32-13-12-31-2)24(18-8-10-20(28)11-9-18)25-21(27-16)14-19(15-22(25)29)17-6-4-3-5-7-17/h3-11,19,24,27-28H,12-15H2,1-2H3/t19-,24+/m0/s1. The van der Waals surface area contributed by atoms with Crippen molar-refractivity contribution in [2.45, 2.75) is 31.6 Å². The molecular weight excluding hydrogens is 406 g/mol. The molecule has 1 heterocycles. The highest BCUT2D eigenvalue weighted by Crippen LogP contribution is 2.45. The lowest BCUT2D eigenvalue weighted by Gasteiger charge is -2.36. The van der Waals surface area contributed by atoms with Gasteiger partial charge < -0.3 is 19.9 Å². The van der Waals surface area contributed by atoms with Gasteiger partial charge in [0.2, 0.25) is 0 Å². The number of carbonyl (C=O) groups is 2. The number of aromatic hydroxyl groups is 1. The van der Waals surface area contributed by atoms with Gasteiger partial charge in [0.05, 0.1) is 12.2 Å². The number of ketones is 1. The van der Waals surface area contributed by atoms with Crippen LogP contribution in [0.15, 0.2) is 77.1 Å². The Balaban J connectivity index is 1.74. The number of allylic oxidation sites excluding steroid dienone is 3. The summed E-state index contributed by atoms with van der Waals surface area (Å²) >= 11 is 0. The molecule has 6 nitrogen and oxygen atoms in total. The van der Waals surface area contributed by atoms with Crippen molar-refractivity contribution in [3.05, 3.63) is 88.3 Å². The van der Waals surface area contributed by atoms with E-state index in [-0.39, 0.29) is 24.1 Å². The van der Waals surface area contributed by atoms with Crippen molar-refractivity contribution in [1.82, 2.24) is 5.32 Å². The van der Waals surface area contributed by atoms with Gasteiger partial charge in [0.25, 0.3) is 0 Å². The topological polar surface area (TPSA) is 84.9 Å². The molecule has 0 spiro atoms. The van der Waals surface area contributed by atoms with Gasteiger partial charge in [0, 0.05) is 36.4 Å². The van der Waals surface area contributed by atoms with Gasteiger partial charge in [-0.2, -0.15) is 0 Å². The van der Waals surface area contributed by atoms with Gasteiger partial charge >= 0.3 is 5.97 Å². The number of methoxy groups -OCH3 is 1. The first-order valence-corrected chi connectivity index (χ1v) is 10.7. The first-order valence-electron chi connectivity index (χ1n) is 10.7. The lowest BCUT2D eigenvalue weighted by atomic mass is 9.72. The van der Waals surface area contributed by atoms with Crippen molar-refractivity contribution in [2.75, 3.05) is 20.3 Å². The minimum absolute atomic E-state index is 0.0142. The number of Topliss-reactive ketones (excluding diaryl/α,β-unsaturated/α-hetero) is 1. The summed E-state index contributed by atoms with van der Waals surface area (Å²) in [4.78, 5) is 26.5. The van der Waals surface area contributed by atoms with Crippen LogP contribution in [0.2, 0.25) is 0 Å². The SMILES string of the molecule is COCCOC(=O)C1=C(C)NC2=C(C(=O)C[C@@H](c3ccccc3)C2)[C@@H]1c1ccc(O)cc1. The van der Waals surface area contributed by atoms with Crippen molar-refractivity contribution in [2.24, 2.45) is 0 Å². The van der Waals surface area contributed by atoms with E-state index in [0.717, 1.165) is 16.8 Å². The minimum atomic E-state index is -0.550. The van der Waals surface area contributed by atoms with Crippen LogP contribution in [0.1, 0.15) is 42.7 Å². The van der Waals surface area contributed by atoms with Crippen LogP contribution in [0, 0.1) is 0 Å². The van der Waals surface area contributed by atoms with E-state index in [1.165, 1.54) is 0 Å². The number of hydrogen-bond acceptors (Lipinski definition) is 6. The molecule has 2 aromatic carbocycles. The Labute approximate surface area is 187 Å². The molecule has 1 aliphatic carbocycles. The molecule has 2 N–H and O–H groups in total.